The van der Waals surface area contributed by atoms with Gasteiger partial charge in [-0.25, -0.2) is 0 Å². The summed E-state index contributed by atoms with van der Waals surface area (Å²) in [6, 6.07) is 9.32. The maximum atomic E-state index is 4.31. The number of hydrogen-bond acceptors (Lipinski definition) is 4. The minimum atomic E-state index is 0.0733. The van der Waals surface area contributed by atoms with Gasteiger partial charge in [0.15, 0.2) is 0 Å². The summed E-state index contributed by atoms with van der Waals surface area (Å²) in [6.07, 6.45) is 16.4. The Morgan fingerprint density at radius 1 is 0.528 bits per heavy atom. The molecule has 0 aliphatic carbocycles. The molecule has 2 aromatic heterocycles. The number of rotatable bonds is 14. The fraction of sp³-hybridized carbons (Fsp3) is 0.667. The summed E-state index contributed by atoms with van der Waals surface area (Å²) in [4.78, 5) is 0. The number of hydrogen-bond donors (Lipinski definition) is 0. The summed E-state index contributed by atoms with van der Waals surface area (Å²) in [7, 11) is 0. The second-order valence-corrected chi connectivity index (χ2v) is 12.4. The van der Waals surface area contributed by atoms with Gasteiger partial charge in [0.05, 0.1) is 11.4 Å². The van der Waals surface area contributed by atoms with Gasteiger partial charge in [-0.1, -0.05) is 102 Å². The van der Waals surface area contributed by atoms with Gasteiger partial charge in [-0.3, -0.25) is 9.36 Å². The van der Waals surface area contributed by atoms with Gasteiger partial charge in [-0.05, 0) is 49.7 Å². The topological polar surface area (TPSA) is 61.4 Å². The third-order valence-corrected chi connectivity index (χ3v) is 6.84. The average Bonchev–Trinajstić information content (AvgIpc) is 3.49. The molecule has 3 aromatic rings. The molecule has 2 heterocycles. The van der Waals surface area contributed by atoms with Gasteiger partial charge in [-0.15, -0.1) is 10.2 Å². The van der Waals surface area contributed by atoms with E-state index in [4.69, 9.17) is 0 Å². The van der Waals surface area contributed by atoms with E-state index < -0.39 is 0 Å². The molecule has 0 aliphatic rings. The zero-order valence-electron chi connectivity index (χ0n) is 23.6. The molecule has 6 heteroatoms. The summed E-state index contributed by atoms with van der Waals surface area (Å²) in [6.45, 7) is 15.0. The minimum absolute atomic E-state index is 0.0733. The quantitative estimate of drug-likeness (QED) is 0.226. The maximum Gasteiger partial charge on any atom is 0.0880 e. The van der Waals surface area contributed by atoms with Crippen LogP contribution >= 0.6 is 0 Å². The Labute approximate surface area is 218 Å². The highest BCUT2D eigenvalue weighted by Crippen LogP contribution is 2.20. The smallest absolute Gasteiger partial charge is 0.0880 e. The molecular formula is C30H48N6. The van der Waals surface area contributed by atoms with E-state index >= 15 is 0 Å². The van der Waals surface area contributed by atoms with Crippen LogP contribution in [-0.2, 0) is 36.8 Å². The molecule has 0 amide bonds. The molecule has 0 spiro atoms. The van der Waals surface area contributed by atoms with Crippen LogP contribution in [0.15, 0.2) is 36.7 Å². The van der Waals surface area contributed by atoms with Crippen LogP contribution in [0.5, 0.6) is 0 Å². The average molecular weight is 493 g/mol. The Balaban J connectivity index is 1.21. The van der Waals surface area contributed by atoms with Crippen LogP contribution in [0.1, 0.15) is 115 Å². The lowest BCUT2D eigenvalue weighted by molar-refractivity contribution is 0.522. The van der Waals surface area contributed by atoms with E-state index in [2.05, 4.69) is 98.8 Å². The van der Waals surface area contributed by atoms with Crippen molar-refractivity contribution < 1.29 is 0 Å². The van der Waals surface area contributed by atoms with Crippen LogP contribution < -0.4 is 0 Å². The van der Waals surface area contributed by atoms with Crippen LogP contribution in [0.3, 0.4) is 0 Å². The molecule has 3 rings (SSSR count). The molecule has 0 saturated heterocycles. The summed E-state index contributed by atoms with van der Waals surface area (Å²) in [5.74, 6) is 0. The maximum absolute atomic E-state index is 4.31. The van der Waals surface area contributed by atoms with E-state index in [0.29, 0.717) is 0 Å². The zero-order valence-corrected chi connectivity index (χ0v) is 23.6. The lowest BCUT2D eigenvalue weighted by atomic mass is 9.93. The van der Waals surface area contributed by atoms with Crippen molar-refractivity contribution in [2.75, 3.05) is 0 Å². The molecular weight excluding hydrogens is 444 g/mol. The van der Waals surface area contributed by atoms with Crippen molar-refractivity contribution >= 4 is 0 Å². The molecule has 0 fully saturated rings. The SMILES string of the molecule is CC(C)(C)c1cn(CCCCCCc2ccc(CCCCCCn3cc(C(C)(C)C)nn3)cc2)nn1. The summed E-state index contributed by atoms with van der Waals surface area (Å²) >= 11 is 0. The standard InChI is InChI=1S/C30H48N6/c1-29(2,3)27-23-35(33-31-27)21-13-9-7-11-15-25-17-19-26(20-18-25)16-12-8-10-14-22-36-24-28(32-34-36)30(4,5)6/h17-20,23-24H,7-16,21-22H2,1-6H3. The van der Waals surface area contributed by atoms with Gasteiger partial charge in [0, 0.05) is 36.3 Å². The van der Waals surface area contributed by atoms with E-state index in [-0.39, 0.29) is 10.8 Å². The van der Waals surface area contributed by atoms with Gasteiger partial charge >= 0.3 is 0 Å². The van der Waals surface area contributed by atoms with E-state index in [1.165, 1.54) is 75.3 Å². The Morgan fingerprint density at radius 3 is 1.22 bits per heavy atom. The van der Waals surface area contributed by atoms with Gasteiger partial charge in [0.2, 0.25) is 0 Å². The third kappa shape index (κ3) is 9.51. The molecule has 0 saturated carbocycles. The third-order valence-electron chi connectivity index (χ3n) is 6.84. The van der Waals surface area contributed by atoms with Crippen LogP contribution in [-0.4, -0.2) is 30.0 Å². The summed E-state index contributed by atoms with van der Waals surface area (Å²) in [5, 5.41) is 17.2. The van der Waals surface area contributed by atoms with E-state index in [1.54, 1.807) is 0 Å². The fourth-order valence-electron chi connectivity index (χ4n) is 4.29. The summed E-state index contributed by atoms with van der Waals surface area (Å²) in [5.41, 5.74) is 5.22. The molecule has 0 bridgehead atoms. The number of unbranched alkanes of at least 4 members (excludes halogenated alkanes) is 6. The predicted octanol–water partition coefficient (Wildman–Crippen LogP) is 7.07. The summed E-state index contributed by atoms with van der Waals surface area (Å²) < 4.78 is 4.00. The van der Waals surface area contributed by atoms with Crippen molar-refractivity contribution in [3.63, 3.8) is 0 Å². The second kappa shape index (κ2) is 13.2. The van der Waals surface area contributed by atoms with E-state index in [0.717, 1.165) is 24.5 Å². The van der Waals surface area contributed by atoms with Crippen molar-refractivity contribution in [1.82, 2.24) is 30.0 Å². The normalized spacial score (nSPS) is 12.4. The molecule has 0 atom stereocenters. The Kier molecular flexibility index (Phi) is 10.3. The number of aromatic nitrogens is 6. The molecule has 198 valence electrons. The van der Waals surface area contributed by atoms with Crippen LogP contribution in [0.4, 0.5) is 0 Å². The van der Waals surface area contributed by atoms with Gasteiger partial charge < -0.3 is 0 Å². The molecule has 0 unspecified atom stereocenters. The Bertz CT molecular complexity index is 934. The van der Waals surface area contributed by atoms with Crippen LogP contribution in [0, 0.1) is 0 Å². The first-order valence-corrected chi connectivity index (χ1v) is 14.0. The predicted molar refractivity (Wildman–Crippen MR) is 148 cm³/mol. The fourth-order valence-corrected chi connectivity index (χ4v) is 4.29. The molecule has 0 radical (unpaired) electrons. The Hall–Kier alpha value is -2.50. The molecule has 0 aliphatic heterocycles. The highest BCUT2D eigenvalue weighted by Gasteiger charge is 2.18. The zero-order chi connectivity index (χ0) is 26.0. The number of nitrogens with zero attached hydrogens (tertiary/aromatic N) is 6. The largest absolute Gasteiger partial charge is 0.252 e. The Morgan fingerprint density at radius 2 is 0.889 bits per heavy atom. The van der Waals surface area contributed by atoms with Gasteiger partial charge in [0.1, 0.15) is 0 Å². The highest BCUT2D eigenvalue weighted by atomic mass is 15.4. The first-order chi connectivity index (χ1) is 17.1. The van der Waals surface area contributed by atoms with Gasteiger partial charge in [0.25, 0.3) is 0 Å². The van der Waals surface area contributed by atoms with Crippen molar-refractivity contribution in [2.24, 2.45) is 0 Å². The number of aryl methyl sites for hydroxylation is 4. The molecule has 6 nitrogen and oxygen atoms in total. The van der Waals surface area contributed by atoms with Crippen molar-refractivity contribution in [1.29, 1.82) is 0 Å². The van der Waals surface area contributed by atoms with Gasteiger partial charge in [-0.2, -0.15) is 0 Å². The van der Waals surface area contributed by atoms with Crippen molar-refractivity contribution in [3.05, 3.63) is 59.2 Å². The van der Waals surface area contributed by atoms with E-state index in [1.807, 2.05) is 9.36 Å². The first-order valence-electron chi connectivity index (χ1n) is 14.0. The molecule has 1 aromatic carbocycles. The van der Waals surface area contributed by atoms with Crippen molar-refractivity contribution in [2.45, 2.75) is 130 Å². The van der Waals surface area contributed by atoms with Crippen LogP contribution in [0.2, 0.25) is 0 Å². The van der Waals surface area contributed by atoms with E-state index in [9.17, 15) is 0 Å². The molecule has 0 N–H and O–H groups in total. The number of benzene rings is 1. The second-order valence-electron chi connectivity index (χ2n) is 12.4. The first kappa shape index (κ1) is 28.1. The monoisotopic (exact) mass is 492 g/mol. The van der Waals surface area contributed by atoms with Crippen LogP contribution in [0.25, 0.3) is 0 Å². The highest BCUT2D eigenvalue weighted by molar-refractivity contribution is 5.22. The lowest BCUT2D eigenvalue weighted by Gasteiger charge is -2.12. The lowest BCUT2D eigenvalue weighted by Crippen LogP contribution is -2.11. The minimum Gasteiger partial charge on any atom is -0.252 e. The molecule has 36 heavy (non-hydrogen) atoms. The van der Waals surface area contributed by atoms with Crippen molar-refractivity contribution in [3.8, 4) is 0 Å².